The van der Waals surface area contributed by atoms with Gasteiger partial charge in [-0.2, -0.15) is 0 Å². The Hall–Kier alpha value is -3.67. The number of allylic oxidation sites excluding steroid dienone is 6. The Kier molecular flexibility index (Phi) is 16.9. The number of fused-ring (bicyclic) bond motifs is 6. The van der Waals surface area contributed by atoms with E-state index in [0.29, 0.717) is 0 Å². The minimum atomic E-state index is -0.187. The second-order valence-corrected chi connectivity index (χ2v) is 8.15. The van der Waals surface area contributed by atoms with Gasteiger partial charge in [0.2, 0.25) is 0 Å². The average Bonchev–Trinajstić information content (AvgIpc) is 2.83. The zero-order valence-corrected chi connectivity index (χ0v) is 25.2. The molecule has 0 N–H and O–H groups in total. The quantitative estimate of drug-likeness (QED) is 0.177. The van der Waals surface area contributed by atoms with Crippen molar-refractivity contribution in [2.24, 2.45) is 0 Å². The molecule has 0 atom stereocenters. The zero-order valence-electron chi connectivity index (χ0n) is 22.9. The summed E-state index contributed by atoms with van der Waals surface area (Å²) in [4.78, 5) is 47.7. The first kappa shape index (κ1) is 36.3. The molecule has 0 spiro atoms. The van der Waals surface area contributed by atoms with Crippen LogP contribution in [0.1, 0.15) is 41.5 Å². The van der Waals surface area contributed by atoms with Gasteiger partial charge in [0.05, 0.1) is 22.1 Å². The molecule has 0 bridgehead atoms. The van der Waals surface area contributed by atoms with Crippen molar-refractivity contribution in [3.05, 3.63) is 84.6 Å². The SMILES string of the molecule is CC(=O)/C=C(/C)[O-].CC(=O)/C=C(/C)[O-].CC(=O)/C=C(/C)[O-].[Gd+3].c1cnc2c(c1)c1nccnc1c1cccnc12. The van der Waals surface area contributed by atoms with Crippen LogP contribution < -0.4 is 15.3 Å². The molecule has 40 heavy (non-hydrogen) atoms. The van der Waals surface area contributed by atoms with Gasteiger partial charge >= 0.3 is 39.9 Å². The fourth-order valence-corrected chi connectivity index (χ4v) is 3.16. The van der Waals surface area contributed by atoms with Gasteiger partial charge in [-0.05, 0) is 63.3 Å². The Bertz CT molecular complexity index is 1270. The second kappa shape index (κ2) is 18.6. The first-order valence-electron chi connectivity index (χ1n) is 11.6. The van der Waals surface area contributed by atoms with Crippen molar-refractivity contribution in [3.63, 3.8) is 0 Å². The maximum atomic E-state index is 9.98. The third kappa shape index (κ3) is 13.4. The van der Waals surface area contributed by atoms with Crippen molar-refractivity contribution in [1.29, 1.82) is 0 Å². The summed E-state index contributed by atoms with van der Waals surface area (Å²) in [6, 6.07) is 7.83. The van der Waals surface area contributed by atoms with E-state index in [0.717, 1.165) is 51.1 Å². The summed E-state index contributed by atoms with van der Waals surface area (Å²) >= 11 is 0. The molecule has 4 aromatic rings. The van der Waals surface area contributed by atoms with Crippen LogP contribution in [0.4, 0.5) is 0 Å². The first-order valence-corrected chi connectivity index (χ1v) is 11.6. The van der Waals surface area contributed by atoms with Crippen LogP contribution in [0.3, 0.4) is 0 Å². The van der Waals surface area contributed by atoms with Crippen LogP contribution in [-0.2, 0) is 14.4 Å². The number of pyridine rings is 2. The normalized spacial score (nSPS) is 11.1. The average molecular weight is 687 g/mol. The fourth-order valence-electron chi connectivity index (χ4n) is 3.16. The zero-order chi connectivity index (χ0) is 29.5. The van der Waals surface area contributed by atoms with Crippen molar-refractivity contribution in [2.75, 3.05) is 0 Å². The van der Waals surface area contributed by atoms with Crippen LogP contribution in [0.15, 0.2) is 84.6 Å². The van der Waals surface area contributed by atoms with E-state index in [-0.39, 0.29) is 74.6 Å². The van der Waals surface area contributed by atoms with Crippen LogP contribution in [0.25, 0.3) is 32.8 Å². The third-order valence-corrected chi connectivity index (χ3v) is 4.27. The van der Waals surface area contributed by atoms with Crippen molar-refractivity contribution in [2.45, 2.75) is 41.5 Å². The predicted molar refractivity (Wildman–Crippen MR) is 143 cm³/mol. The molecule has 1 radical (unpaired) electrons. The molecule has 0 fully saturated rings. The number of benzene rings is 1. The van der Waals surface area contributed by atoms with Gasteiger partial charge in [0, 0.05) is 35.6 Å². The molecule has 1 aromatic carbocycles. The van der Waals surface area contributed by atoms with E-state index in [1.807, 2.05) is 24.3 Å². The molecule has 3 heterocycles. The Balaban J connectivity index is 0.000000585. The number of carbonyl (C=O) groups is 3. The number of hydrogen-bond donors (Lipinski definition) is 0. The molecule has 3 aromatic heterocycles. The molecule has 0 saturated carbocycles. The van der Waals surface area contributed by atoms with E-state index in [9.17, 15) is 29.7 Å². The second-order valence-electron chi connectivity index (χ2n) is 8.15. The number of carbonyl (C=O) groups excluding carboxylic acids is 3. The van der Waals surface area contributed by atoms with E-state index in [4.69, 9.17) is 0 Å². The molecular weight excluding hydrogens is 658 g/mol. The molecule has 0 aliphatic heterocycles. The Labute approximate surface area is 264 Å². The molecule has 0 aliphatic rings. The summed E-state index contributed by atoms with van der Waals surface area (Å²) in [7, 11) is 0. The maximum absolute atomic E-state index is 9.98. The Morgan fingerprint density at radius 3 is 0.975 bits per heavy atom. The van der Waals surface area contributed by atoms with Crippen LogP contribution in [0.5, 0.6) is 0 Å². The molecule has 209 valence electrons. The van der Waals surface area contributed by atoms with Crippen LogP contribution >= 0.6 is 0 Å². The molecule has 0 aliphatic carbocycles. The van der Waals surface area contributed by atoms with Crippen molar-refractivity contribution >= 4 is 50.2 Å². The van der Waals surface area contributed by atoms with Gasteiger partial charge in [-0.15, -0.1) is 17.3 Å². The minimum absolute atomic E-state index is 0. The van der Waals surface area contributed by atoms with Crippen LogP contribution in [-0.4, -0.2) is 37.3 Å². The van der Waals surface area contributed by atoms with E-state index in [1.165, 1.54) is 41.5 Å². The fraction of sp³-hybridized carbons (Fsp3) is 0.207. The van der Waals surface area contributed by atoms with Crippen molar-refractivity contribution in [1.82, 2.24) is 19.9 Å². The van der Waals surface area contributed by atoms with Crippen LogP contribution in [0, 0.1) is 39.9 Å². The topological polar surface area (TPSA) is 172 Å². The Morgan fingerprint density at radius 1 is 0.525 bits per heavy atom. The van der Waals surface area contributed by atoms with Gasteiger partial charge in [-0.25, -0.2) is 0 Å². The molecule has 11 heteroatoms. The Morgan fingerprint density at radius 2 is 0.775 bits per heavy atom. The molecule has 0 saturated heterocycles. The summed E-state index contributed by atoms with van der Waals surface area (Å²) in [5, 5.41) is 31.9. The minimum Gasteiger partial charge on any atom is -0.876 e. The van der Waals surface area contributed by atoms with E-state index in [2.05, 4.69) is 19.9 Å². The maximum Gasteiger partial charge on any atom is 3.00 e. The standard InChI is InChI=1S/C14H8N4.3C5H8O2.Gd/c1-3-9-11(15-5-1)12-10(4-2-6-16-12)14-13(9)17-7-8-18-14;3*1-4(6)3-5(2)7;/h1-8H;3*3,6H,1-2H3;/q;;;;+3/p-3/b;3*4-3-;. The summed E-state index contributed by atoms with van der Waals surface area (Å²) in [5.74, 6) is -1.12. The summed E-state index contributed by atoms with van der Waals surface area (Å²) < 4.78 is 0. The van der Waals surface area contributed by atoms with Gasteiger partial charge in [-0.1, -0.05) is 20.8 Å². The summed E-state index contributed by atoms with van der Waals surface area (Å²) in [6.45, 7) is 8.09. The summed E-state index contributed by atoms with van der Waals surface area (Å²) in [6.07, 6.45) is 10.1. The largest absolute Gasteiger partial charge is 3.00 e. The van der Waals surface area contributed by atoms with Gasteiger partial charge in [0.25, 0.3) is 0 Å². The van der Waals surface area contributed by atoms with Crippen molar-refractivity contribution < 1.29 is 69.6 Å². The molecular formula is C29H29GdN4O6. The molecule has 0 unspecified atom stereocenters. The molecule has 4 rings (SSSR count). The van der Waals surface area contributed by atoms with E-state index >= 15 is 0 Å². The van der Waals surface area contributed by atoms with Crippen molar-refractivity contribution in [3.8, 4) is 0 Å². The number of rotatable bonds is 3. The summed E-state index contributed by atoms with van der Waals surface area (Å²) in [5.41, 5.74) is 3.50. The number of ketones is 3. The van der Waals surface area contributed by atoms with E-state index < -0.39 is 0 Å². The van der Waals surface area contributed by atoms with E-state index in [1.54, 1.807) is 24.8 Å². The smallest absolute Gasteiger partial charge is 0.876 e. The predicted octanol–water partition coefficient (Wildman–Crippen LogP) is 2.24. The monoisotopic (exact) mass is 687 g/mol. The number of aromatic nitrogens is 4. The first-order chi connectivity index (χ1) is 18.3. The number of hydrogen-bond acceptors (Lipinski definition) is 10. The van der Waals surface area contributed by atoms with Gasteiger partial charge in [0.1, 0.15) is 0 Å². The van der Waals surface area contributed by atoms with Crippen LogP contribution in [0.2, 0.25) is 0 Å². The van der Waals surface area contributed by atoms with Gasteiger partial charge < -0.3 is 15.3 Å². The number of nitrogens with zero attached hydrogens (tertiary/aromatic N) is 4. The molecule has 10 nitrogen and oxygen atoms in total. The van der Waals surface area contributed by atoms with Gasteiger partial charge in [-0.3, -0.25) is 34.3 Å². The third-order valence-electron chi connectivity index (χ3n) is 4.27. The van der Waals surface area contributed by atoms with Gasteiger partial charge in [0.15, 0.2) is 17.3 Å². The molecule has 0 amide bonds.